The smallest absolute Gasteiger partial charge is 0.239 e. The van der Waals surface area contributed by atoms with Gasteiger partial charge < -0.3 is 20.7 Å². The highest BCUT2D eigenvalue weighted by Crippen LogP contribution is 2.38. The average molecular weight is 396 g/mol. The molecule has 27 heavy (non-hydrogen) atoms. The van der Waals surface area contributed by atoms with E-state index in [1.807, 2.05) is 25.1 Å². The van der Waals surface area contributed by atoms with E-state index in [1.54, 1.807) is 0 Å². The van der Waals surface area contributed by atoms with Gasteiger partial charge in [0.05, 0.1) is 18.6 Å². The van der Waals surface area contributed by atoms with Gasteiger partial charge in [-0.15, -0.1) is 12.4 Å². The van der Waals surface area contributed by atoms with Gasteiger partial charge in [0.25, 0.3) is 0 Å². The van der Waals surface area contributed by atoms with Crippen molar-refractivity contribution in [2.75, 3.05) is 31.6 Å². The first-order valence-electron chi connectivity index (χ1n) is 9.48. The van der Waals surface area contributed by atoms with E-state index in [-0.39, 0.29) is 30.3 Å². The van der Waals surface area contributed by atoms with Gasteiger partial charge >= 0.3 is 0 Å². The van der Waals surface area contributed by atoms with Crippen LogP contribution in [0.5, 0.6) is 0 Å². The van der Waals surface area contributed by atoms with Crippen molar-refractivity contribution >= 4 is 29.9 Å². The monoisotopic (exact) mass is 395 g/mol. The van der Waals surface area contributed by atoms with Crippen molar-refractivity contribution in [3.63, 3.8) is 0 Å². The lowest BCUT2D eigenvalue weighted by Crippen LogP contribution is -2.54. The number of morpholine rings is 1. The van der Waals surface area contributed by atoms with E-state index in [0.29, 0.717) is 26.3 Å². The van der Waals surface area contributed by atoms with E-state index in [4.69, 9.17) is 4.74 Å². The molecule has 1 aliphatic carbocycles. The second-order valence-electron chi connectivity index (χ2n) is 7.54. The highest BCUT2D eigenvalue weighted by molar-refractivity contribution is 5.96. The van der Waals surface area contributed by atoms with E-state index in [9.17, 15) is 9.59 Å². The van der Waals surface area contributed by atoms with E-state index in [2.05, 4.69) is 22.9 Å². The summed E-state index contributed by atoms with van der Waals surface area (Å²) in [7, 11) is 0. The molecule has 1 aromatic rings. The standard InChI is InChI=1S/C20H29N3O3.ClH/c1-14-5-6-16(11-15(14)2)23-19(25)20(7-3-4-8-20)13-22-18(24)17-12-26-10-9-21-17;/h5-6,11,17,21H,3-4,7-10,12-13H2,1-2H3,(H,22,24)(H,23,25);1H. The van der Waals surface area contributed by atoms with Crippen LogP contribution in [0.2, 0.25) is 0 Å². The number of aryl methyl sites for hydroxylation is 2. The molecule has 1 saturated heterocycles. The first-order chi connectivity index (χ1) is 12.5. The zero-order chi connectivity index (χ0) is 18.6. The Kier molecular flexibility index (Phi) is 7.65. The highest BCUT2D eigenvalue weighted by Gasteiger charge is 2.41. The normalized spacial score (nSPS) is 21.2. The Bertz CT molecular complexity index is 668. The number of hydrogen-bond acceptors (Lipinski definition) is 4. The van der Waals surface area contributed by atoms with E-state index in [0.717, 1.165) is 36.9 Å². The number of hydrogen-bond donors (Lipinski definition) is 3. The van der Waals surface area contributed by atoms with Gasteiger partial charge in [-0.05, 0) is 49.9 Å². The molecule has 1 unspecified atom stereocenters. The minimum absolute atomic E-state index is 0. The van der Waals surface area contributed by atoms with Gasteiger partial charge in [-0.3, -0.25) is 9.59 Å². The van der Waals surface area contributed by atoms with Crippen LogP contribution < -0.4 is 16.0 Å². The van der Waals surface area contributed by atoms with Gasteiger partial charge in [0.1, 0.15) is 6.04 Å². The van der Waals surface area contributed by atoms with Gasteiger partial charge in [0.15, 0.2) is 0 Å². The molecule has 1 aromatic carbocycles. The third-order valence-corrected chi connectivity index (χ3v) is 5.65. The van der Waals surface area contributed by atoms with Crippen LogP contribution in [0.3, 0.4) is 0 Å². The summed E-state index contributed by atoms with van der Waals surface area (Å²) in [6, 6.07) is 5.62. The van der Waals surface area contributed by atoms with Crippen molar-refractivity contribution in [1.82, 2.24) is 10.6 Å². The maximum absolute atomic E-state index is 13.0. The molecule has 0 spiro atoms. The lowest BCUT2D eigenvalue weighted by Gasteiger charge is -2.30. The third kappa shape index (κ3) is 5.21. The summed E-state index contributed by atoms with van der Waals surface area (Å²) in [5, 5.41) is 9.20. The maximum Gasteiger partial charge on any atom is 0.239 e. The number of ether oxygens (including phenoxy) is 1. The minimum Gasteiger partial charge on any atom is -0.378 e. The van der Waals surface area contributed by atoms with Crippen molar-refractivity contribution < 1.29 is 14.3 Å². The molecular formula is C20H30ClN3O3. The molecule has 7 heteroatoms. The summed E-state index contributed by atoms with van der Waals surface area (Å²) in [5.41, 5.74) is 2.65. The molecule has 2 amide bonds. The number of carbonyl (C=O) groups is 2. The van der Waals surface area contributed by atoms with E-state index in [1.165, 1.54) is 5.56 Å². The quantitative estimate of drug-likeness (QED) is 0.714. The molecule has 1 aliphatic heterocycles. The Morgan fingerprint density at radius 1 is 1.22 bits per heavy atom. The number of nitrogens with one attached hydrogen (secondary N) is 3. The SMILES string of the molecule is Cc1ccc(NC(=O)C2(CNC(=O)C3COCCN3)CCCC2)cc1C.Cl. The summed E-state index contributed by atoms with van der Waals surface area (Å²) in [6.07, 6.45) is 3.64. The van der Waals surface area contributed by atoms with Crippen LogP contribution in [0, 0.1) is 19.3 Å². The molecule has 1 atom stereocenters. The first kappa shape index (κ1) is 21.7. The predicted octanol–water partition coefficient (Wildman–Crippen LogP) is 2.33. The number of amides is 2. The zero-order valence-corrected chi connectivity index (χ0v) is 16.9. The van der Waals surface area contributed by atoms with Gasteiger partial charge in [-0.25, -0.2) is 0 Å². The van der Waals surface area contributed by atoms with Crippen LogP contribution in [-0.2, 0) is 14.3 Å². The summed E-state index contributed by atoms with van der Waals surface area (Å²) < 4.78 is 5.34. The molecule has 6 nitrogen and oxygen atoms in total. The summed E-state index contributed by atoms with van der Waals surface area (Å²) in [5.74, 6) is -0.0821. The number of anilines is 1. The fraction of sp³-hybridized carbons (Fsp3) is 0.600. The molecule has 2 aliphatic rings. The fourth-order valence-electron chi connectivity index (χ4n) is 3.73. The minimum atomic E-state index is -0.524. The van der Waals surface area contributed by atoms with Gasteiger partial charge in [-0.2, -0.15) is 0 Å². The molecule has 150 valence electrons. The molecule has 2 fully saturated rings. The van der Waals surface area contributed by atoms with E-state index >= 15 is 0 Å². The lowest BCUT2D eigenvalue weighted by molar-refractivity contribution is -0.128. The lowest BCUT2D eigenvalue weighted by atomic mass is 9.84. The number of benzene rings is 1. The summed E-state index contributed by atoms with van der Waals surface area (Å²) in [4.78, 5) is 25.4. The largest absolute Gasteiger partial charge is 0.378 e. The Morgan fingerprint density at radius 3 is 2.59 bits per heavy atom. The van der Waals surface area contributed by atoms with Crippen molar-refractivity contribution in [3.8, 4) is 0 Å². The first-order valence-corrected chi connectivity index (χ1v) is 9.48. The van der Waals surface area contributed by atoms with Gasteiger partial charge in [0.2, 0.25) is 11.8 Å². The molecule has 3 rings (SSSR count). The molecular weight excluding hydrogens is 366 g/mol. The van der Waals surface area contributed by atoms with Gasteiger partial charge in [-0.1, -0.05) is 18.9 Å². The predicted molar refractivity (Wildman–Crippen MR) is 108 cm³/mol. The number of rotatable bonds is 5. The molecule has 3 N–H and O–H groups in total. The molecule has 0 aromatic heterocycles. The number of halogens is 1. The van der Waals surface area contributed by atoms with Crippen LogP contribution in [0.4, 0.5) is 5.69 Å². The maximum atomic E-state index is 13.0. The summed E-state index contributed by atoms with van der Waals surface area (Å²) in [6.45, 7) is 6.16. The molecule has 1 saturated carbocycles. The molecule has 0 radical (unpaired) electrons. The second kappa shape index (κ2) is 9.53. The highest BCUT2D eigenvalue weighted by atomic mass is 35.5. The molecule has 0 bridgehead atoms. The van der Waals surface area contributed by atoms with Crippen molar-refractivity contribution in [3.05, 3.63) is 29.3 Å². The van der Waals surface area contributed by atoms with Crippen LogP contribution in [0.1, 0.15) is 36.8 Å². The van der Waals surface area contributed by atoms with Crippen molar-refractivity contribution in [1.29, 1.82) is 0 Å². The number of carbonyl (C=O) groups excluding carboxylic acids is 2. The fourth-order valence-corrected chi connectivity index (χ4v) is 3.73. The van der Waals surface area contributed by atoms with E-state index < -0.39 is 5.41 Å². The van der Waals surface area contributed by atoms with Crippen LogP contribution >= 0.6 is 12.4 Å². The van der Waals surface area contributed by atoms with Crippen molar-refractivity contribution in [2.24, 2.45) is 5.41 Å². The topological polar surface area (TPSA) is 79.5 Å². The average Bonchev–Trinajstić information content (AvgIpc) is 3.14. The van der Waals surface area contributed by atoms with Crippen molar-refractivity contribution in [2.45, 2.75) is 45.6 Å². The third-order valence-electron chi connectivity index (χ3n) is 5.65. The van der Waals surface area contributed by atoms with Crippen LogP contribution in [-0.4, -0.2) is 44.2 Å². The Hall–Kier alpha value is -1.63. The van der Waals surface area contributed by atoms with Crippen LogP contribution in [0.25, 0.3) is 0 Å². The Morgan fingerprint density at radius 2 is 1.96 bits per heavy atom. The Labute approximate surface area is 167 Å². The summed E-state index contributed by atoms with van der Waals surface area (Å²) >= 11 is 0. The zero-order valence-electron chi connectivity index (χ0n) is 16.1. The molecule has 1 heterocycles. The van der Waals surface area contributed by atoms with Gasteiger partial charge in [0, 0.05) is 18.8 Å². The van der Waals surface area contributed by atoms with Crippen LogP contribution in [0.15, 0.2) is 18.2 Å². The second-order valence-corrected chi connectivity index (χ2v) is 7.54. The Balaban J connectivity index is 0.00000261.